The van der Waals surface area contributed by atoms with Gasteiger partial charge in [0.2, 0.25) is 5.91 Å². The van der Waals surface area contributed by atoms with Crippen LogP contribution in [-0.4, -0.2) is 35.5 Å². The normalized spacial score (nSPS) is 16.1. The second-order valence-electron chi connectivity index (χ2n) is 8.01. The number of carbonyl (C=O) groups is 2. The zero-order chi connectivity index (χ0) is 20.3. The highest BCUT2D eigenvalue weighted by Gasteiger charge is 2.35. The number of carbonyl (C=O) groups excluding carboxylic acids is 2. The summed E-state index contributed by atoms with van der Waals surface area (Å²) in [5.41, 5.74) is 2.45. The van der Waals surface area contributed by atoms with Crippen LogP contribution >= 0.6 is 0 Å². The maximum absolute atomic E-state index is 13.0. The number of ether oxygens (including phenoxy) is 1. The highest BCUT2D eigenvalue weighted by atomic mass is 16.5. The van der Waals surface area contributed by atoms with Crippen LogP contribution in [0.2, 0.25) is 0 Å². The topological polar surface area (TPSA) is 70.7 Å². The molecule has 0 bridgehead atoms. The minimum absolute atomic E-state index is 0.146. The van der Waals surface area contributed by atoms with Gasteiger partial charge in [-0.3, -0.25) is 4.79 Å². The number of fused-ring (bicyclic) bond motifs is 1. The van der Waals surface area contributed by atoms with E-state index in [9.17, 15) is 9.59 Å². The highest BCUT2D eigenvalue weighted by molar-refractivity contribution is 5.94. The van der Waals surface area contributed by atoms with E-state index in [1.54, 1.807) is 36.3 Å². The third-order valence-electron chi connectivity index (χ3n) is 4.65. The van der Waals surface area contributed by atoms with Crippen LogP contribution < -0.4 is 15.4 Å². The van der Waals surface area contributed by atoms with Crippen LogP contribution in [0.5, 0.6) is 5.75 Å². The number of benzene rings is 2. The van der Waals surface area contributed by atoms with Crippen molar-refractivity contribution >= 4 is 17.6 Å². The van der Waals surface area contributed by atoms with Gasteiger partial charge < -0.3 is 20.3 Å². The van der Waals surface area contributed by atoms with Gasteiger partial charge in [-0.15, -0.1) is 0 Å². The molecule has 3 amide bonds. The van der Waals surface area contributed by atoms with Crippen molar-refractivity contribution in [3.63, 3.8) is 0 Å². The van der Waals surface area contributed by atoms with E-state index in [4.69, 9.17) is 4.74 Å². The maximum atomic E-state index is 13.0. The second-order valence-corrected chi connectivity index (χ2v) is 8.01. The van der Waals surface area contributed by atoms with Crippen LogP contribution in [0, 0.1) is 0 Å². The number of methoxy groups -OCH3 is 1. The van der Waals surface area contributed by atoms with E-state index in [1.165, 1.54) is 0 Å². The van der Waals surface area contributed by atoms with Crippen molar-refractivity contribution < 1.29 is 14.3 Å². The molecule has 148 valence electrons. The summed E-state index contributed by atoms with van der Waals surface area (Å²) >= 11 is 0. The molecule has 1 aliphatic rings. The van der Waals surface area contributed by atoms with E-state index >= 15 is 0 Å². The summed E-state index contributed by atoms with van der Waals surface area (Å²) in [5, 5.41) is 5.90. The Morgan fingerprint density at radius 2 is 1.68 bits per heavy atom. The van der Waals surface area contributed by atoms with E-state index in [1.807, 2.05) is 45.0 Å². The third kappa shape index (κ3) is 4.63. The Labute approximate surface area is 165 Å². The number of nitrogens with one attached hydrogen (secondary N) is 2. The predicted molar refractivity (Wildman–Crippen MR) is 109 cm³/mol. The van der Waals surface area contributed by atoms with Crippen molar-refractivity contribution in [3.05, 3.63) is 59.7 Å². The molecule has 1 heterocycles. The average molecular weight is 381 g/mol. The summed E-state index contributed by atoms with van der Waals surface area (Å²) in [6, 6.07) is 14.2. The summed E-state index contributed by atoms with van der Waals surface area (Å²) in [7, 11) is 1.59. The molecule has 0 aliphatic carbocycles. The fourth-order valence-corrected chi connectivity index (χ4v) is 3.29. The minimum atomic E-state index is -0.563. The third-order valence-corrected chi connectivity index (χ3v) is 4.65. The van der Waals surface area contributed by atoms with Crippen LogP contribution in [-0.2, 0) is 17.8 Å². The lowest BCUT2D eigenvalue weighted by molar-refractivity contribution is -0.127. The first kappa shape index (κ1) is 19.7. The molecular formula is C22H27N3O3. The van der Waals surface area contributed by atoms with Gasteiger partial charge in [-0.2, -0.15) is 0 Å². The van der Waals surface area contributed by atoms with E-state index in [2.05, 4.69) is 10.6 Å². The molecule has 2 aromatic rings. The number of rotatable bonds is 3. The first-order chi connectivity index (χ1) is 13.3. The molecule has 0 aromatic heterocycles. The van der Waals surface area contributed by atoms with Gasteiger partial charge in [0.1, 0.15) is 11.8 Å². The summed E-state index contributed by atoms with van der Waals surface area (Å²) in [6.45, 7) is 6.19. The first-order valence-electron chi connectivity index (χ1n) is 9.37. The van der Waals surface area contributed by atoms with Crippen LogP contribution in [0.25, 0.3) is 0 Å². The van der Waals surface area contributed by atoms with E-state index in [-0.39, 0.29) is 17.5 Å². The number of anilines is 1. The molecule has 1 atom stereocenters. The monoisotopic (exact) mass is 381 g/mol. The predicted octanol–water partition coefficient (Wildman–Crippen LogP) is 3.57. The Balaban J connectivity index is 1.83. The molecule has 2 aromatic carbocycles. The van der Waals surface area contributed by atoms with Crippen LogP contribution in [0.3, 0.4) is 0 Å². The Kier molecular flexibility index (Phi) is 5.58. The largest absolute Gasteiger partial charge is 0.497 e. The van der Waals surface area contributed by atoms with Crippen molar-refractivity contribution in [2.24, 2.45) is 0 Å². The Morgan fingerprint density at radius 3 is 2.29 bits per heavy atom. The summed E-state index contributed by atoms with van der Waals surface area (Å²) in [4.78, 5) is 27.5. The summed E-state index contributed by atoms with van der Waals surface area (Å²) < 4.78 is 5.15. The van der Waals surface area contributed by atoms with Crippen molar-refractivity contribution in [1.82, 2.24) is 10.2 Å². The SMILES string of the molecule is COc1ccc(NC(=O)N2Cc3ccccc3C[C@H]2C(=O)NC(C)(C)C)cc1. The van der Waals surface area contributed by atoms with Crippen molar-refractivity contribution in [2.75, 3.05) is 12.4 Å². The Morgan fingerprint density at radius 1 is 1.04 bits per heavy atom. The molecule has 0 saturated heterocycles. The van der Waals surface area contributed by atoms with Gasteiger partial charge in [0.05, 0.1) is 7.11 Å². The quantitative estimate of drug-likeness (QED) is 0.854. The molecule has 2 N–H and O–H groups in total. The average Bonchev–Trinajstić information content (AvgIpc) is 2.66. The molecule has 6 heteroatoms. The van der Waals surface area contributed by atoms with E-state index in [0.717, 1.165) is 11.1 Å². The van der Waals surface area contributed by atoms with Crippen LogP contribution in [0.4, 0.5) is 10.5 Å². The standard InChI is InChI=1S/C22H27N3O3/c1-22(2,3)24-20(26)19-13-15-7-5-6-8-16(15)14-25(19)21(27)23-17-9-11-18(28-4)12-10-17/h5-12,19H,13-14H2,1-4H3,(H,23,27)(H,24,26)/t19-/m0/s1. The molecule has 0 spiro atoms. The molecular weight excluding hydrogens is 354 g/mol. The summed E-state index contributed by atoms with van der Waals surface area (Å²) in [6.07, 6.45) is 0.494. The zero-order valence-electron chi connectivity index (χ0n) is 16.8. The van der Waals surface area contributed by atoms with E-state index < -0.39 is 6.04 Å². The van der Waals surface area contributed by atoms with Gasteiger partial charge in [0, 0.05) is 24.2 Å². The highest BCUT2D eigenvalue weighted by Crippen LogP contribution is 2.25. The Bertz CT molecular complexity index is 856. The van der Waals surface area contributed by atoms with Crippen LogP contribution in [0.15, 0.2) is 48.5 Å². The number of hydrogen-bond acceptors (Lipinski definition) is 3. The number of nitrogens with zero attached hydrogens (tertiary/aromatic N) is 1. The molecule has 28 heavy (non-hydrogen) atoms. The fourth-order valence-electron chi connectivity index (χ4n) is 3.29. The zero-order valence-corrected chi connectivity index (χ0v) is 16.8. The molecule has 3 rings (SSSR count). The lowest BCUT2D eigenvalue weighted by atomic mass is 9.93. The van der Waals surface area contributed by atoms with E-state index in [0.29, 0.717) is 24.4 Å². The maximum Gasteiger partial charge on any atom is 0.322 e. The lowest BCUT2D eigenvalue weighted by Gasteiger charge is -2.37. The van der Waals surface area contributed by atoms with Gasteiger partial charge >= 0.3 is 6.03 Å². The Hall–Kier alpha value is -3.02. The van der Waals surface area contributed by atoms with Crippen molar-refractivity contribution in [1.29, 1.82) is 0 Å². The van der Waals surface area contributed by atoms with Gasteiger partial charge in [0.25, 0.3) is 0 Å². The van der Waals surface area contributed by atoms with Gasteiger partial charge in [-0.1, -0.05) is 24.3 Å². The first-order valence-corrected chi connectivity index (χ1v) is 9.37. The van der Waals surface area contributed by atoms with Gasteiger partial charge in [0.15, 0.2) is 0 Å². The second kappa shape index (κ2) is 7.92. The molecule has 1 aliphatic heterocycles. The van der Waals surface area contributed by atoms with Gasteiger partial charge in [-0.25, -0.2) is 4.79 Å². The summed E-state index contributed by atoms with van der Waals surface area (Å²) in [5.74, 6) is 0.569. The molecule has 0 saturated carbocycles. The number of urea groups is 1. The molecule has 0 radical (unpaired) electrons. The fraction of sp³-hybridized carbons (Fsp3) is 0.364. The van der Waals surface area contributed by atoms with Crippen molar-refractivity contribution in [2.45, 2.75) is 45.3 Å². The molecule has 6 nitrogen and oxygen atoms in total. The number of hydrogen-bond donors (Lipinski definition) is 2. The van der Waals surface area contributed by atoms with Crippen molar-refractivity contribution in [3.8, 4) is 5.75 Å². The lowest BCUT2D eigenvalue weighted by Crippen LogP contribution is -2.56. The number of amides is 3. The molecule has 0 unspecified atom stereocenters. The van der Waals surface area contributed by atoms with Crippen LogP contribution in [0.1, 0.15) is 31.9 Å². The van der Waals surface area contributed by atoms with Gasteiger partial charge in [-0.05, 0) is 56.2 Å². The smallest absolute Gasteiger partial charge is 0.322 e. The molecule has 0 fully saturated rings. The minimum Gasteiger partial charge on any atom is -0.497 e.